The zero-order valence-electron chi connectivity index (χ0n) is 11.9. The molecular formula is C14H17ClN4OS. The lowest BCUT2D eigenvalue weighted by atomic mass is 10.2. The summed E-state index contributed by atoms with van der Waals surface area (Å²) >= 11 is 7.28. The van der Waals surface area contributed by atoms with Crippen LogP contribution in [0.4, 0.5) is 4.79 Å². The molecule has 0 radical (unpaired) electrons. The summed E-state index contributed by atoms with van der Waals surface area (Å²) in [5.74, 6) is 0. The molecule has 0 aliphatic rings. The third-order valence-electron chi connectivity index (χ3n) is 2.89. The number of aryl methyl sites for hydroxylation is 1. The van der Waals surface area contributed by atoms with Gasteiger partial charge in [-0.15, -0.1) is 11.3 Å². The molecule has 0 bridgehead atoms. The molecule has 2 heterocycles. The number of rotatable bonds is 5. The van der Waals surface area contributed by atoms with E-state index in [2.05, 4.69) is 20.6 Å². The second-order valence-electron chi connectivity index (χ2n) is 4.60. The molecule has 0 fully saturated rings. The Bertz CT molecular complexity index is 599. The molecule has 0 saturated carbocycles. The highest BCUT2D eigenvalue weighted by Crippen LogP contribution is 2.20. The molecule has 0 spiro atoms. The van der Waals surface area contributed by atoms with Gasteiger partial charge in [-0.05, 0) is 25.0 Å². The van der Waals surface area contributed by atoms with Crippen molar-refractivity contribution < 1.29 is 4.79 Å². The largest absolute Gasteiger partial charge is 0.334 e. The van der Waals surface area contributed by atoms with Gasteiger partial charge in [-0.1, -0.05) is 24.6 Å². The summed E-state index contributed by atoms with van der Waals surface area (Å²) in [4.78, 5) is 20.3. The summed E-state index contributed by atoms with van der Waals surface area (Å²) in [5, 5.41) is 9.08. The Balaban J connectivity index is 1.87. The molecule has 7 heteroatoms. The molecule has 0 saturated heterocycles. The van der Waals surface area contributed by atoms with Crippen LogP contribution in [0.15, 0.2) is 23.7 Å². The van der Waals surface area contributed by atoms with E-state index < -0.39 is 0 Å². The molecule has 2 N–H and O–H groups in total. The van der Waals surface area contributed by atoms with Crippen molar-refractivity contribution in [3.05, 3.63) is 45.1 Å². The molecule has 0 aliphatic heterocycles. The Morgan fingerprint density at radius 3 is 2.86 bits per heavy atom. The van der Waals surface area contributed by atoms with Crippen molar-refractivity contribution in [2.24, 2.45) is 0 Å². The number of carbonyl (C=O) groups excluding carboxylic acids is 1. The first-order valence-corrected chi connectivity index (χ1v) is 7.91. The van der Waals surface area contributed by atoms with E-state index in [-0.39, 0.29) is 12.1 Å². The molecular weight excluding hydrogens is 308 g/mol. The Morgan fingerprint density at radius 2 is 2.29 bits per heavy atom. The zero-order valence-corrected chi connectivity index (χ0v) is 13.5. The van der Waals surface area contributed by atoms with Gasteiger partial charge < -0.3 is 10.6 Å². The Morgan fingerprint density at radius 1 is 1.48 bits per heavy atom. The molecule has 2 aromatic heterocycles. The highest BCUT2D eigenvalue weighted by atomic mass is 35.5. The molecule has 2 amide bonds. The number of aromatic nitrogens is 2. The van der Waals surface area contributed by atoms with Crippen LogP contribution in [0.2, 0.25) is 5.15 Å². The summed E-state index contributed by atoms with van der Waals surface area (Å²) in [6.07, 6.45) is 2.44. The maximum absolute atomic E-state index is 11.9. The van der Waals surface area contributed by atoms with Crippen LogP contribution in [0.1, 0.15) is 35.7 Å². The second kappa shape index (κ2) is 7.38. The predicted molar refractivity (Wildman–Crippen MR) is 84.5 cm³/mol. The summed E-state index contributed by atoms with van der Waals surface area (Å²) < 4.78 is 0. The number of pyridine rings is 1. The van der Waals surface area contributed by atoms with Gasteiger partial charge in [-0.3, -0.25) is 0 Å². The van der Waals surface area contributed by atoms with Crippen molar-refractivity contribution in [1.82, 2.24) is 20.6 Å². The maximum atomic E-state index is 11.9. The first-order chi connectivity index (χ1) is 10.1. The quantitative estimate of drug-likeness (QED) is 0.828. The van der Waals surface area contributed by atoms with Gasteiger partial charge >= 0.3 is 6.03 Å². The minimum atomic E-state index is -0.218. The van der Waals surface area contributed by atoms with Crippen LogP contribution in [0.5, 0.6) is 0 Å². The van der Waals surface area contributed by atoms with E-state index in [1.807, 2.05) is 25.3 Å². The molecule has 0 aromatic carbocycles. The predicted octanol–water partition coefficient (Wildman–Crippen LogP) is 3.45. The summed E-state index contributed by atoms with van der Waals surface area (Å²) in [7, 11) is 0. The number of hydrogen-bond donors (Lipinski definition) is 2. The molecule has 112 valence electrons. The number of urea groups is 1. The number of halogens is 1. The number of carbonyl (C=O) groups is 1. The van der Waals surface area contributed by atoms with Gasteiger partial charge in [-0.2, -0.15) is 0 Å². The number of nitrogens with zero attached hydrogens (tertiary/aromatic N) is 2. The fourth-order valence-electron chi connectivity index (χ4n) is 1.77. The van der Waals surface area contributed by atoms with Gasteiger partial charge in [0.2, 0.25) is 0 Å². The lowest BCUT2D eigenvalue weighted by Gasteiger charge is -2.15. The van der Waals surface area contributed by atoms with Crippen LogP contribution in [-0.2, 0) is 6.54 Å². The summed E-state index contributed by atoms with van der Waals surface area (Å²) in [6.45, 7) is 4.37. The molecule has 1 atom stereocenters. The minimum Gasteiger partial charge on any atom is -0.334 e. The topological polar surface area (TPSA) is 66.9 Å². The SMILES string of the molecule is CC[C@H](NC(=O)NCc1ccc(Cl)nc1)c1nc(C)cs1. The fraction of sp³-hybridized carbons (Fsp3) is 0.357. The van der Waals surface area contributed by atoms with Crippen LogP contribution in [-0.4, -0.2) is 16.0 Å². The lowest BCUT2D eigenvalue weighted by Crippen LogP contribution is -2.37. The van der Waals surface area contributed by atoms with Gasteiger partial charge in [0, 0.05) is 23.8 Å². The number of thiazole rings is 1. The second-order valence-corrected chi connectivity index (χ2v) is 5.88. The molecule has 21 heavy (non-hydrogen) atoms. The van der Waals surface area contributed by atoms with Crippen molar-refractivity contribution in [2.75, 3.05) is 0 Å². The third kappa shape index (κ3) is 4.68. The Hall–Kier alpha value is -1.66. The standard InChI is InChI=1S/C14H17ClN4OS/c1-3-11(13-18-9(2)8-21-13)19-14(20)17-7-10-4-5-12(15)16-6-10/h4-6,8,11H,3,7H2,1-2H3,(H2,17,19,20)/t11-/m0/s1. The van der Waals surface area contributed by atoms with Crippen molar-refractivity contribution in [3.63, 3.8) is 0 Å². The van der Waals surface area contributed by atoms with Crippen LogP contribution in [0, 0.1) is 6.92 Å². The maximum Gasteiger partial charge on any atom is 0.315 e. The smallest absolute Gasteiger partial charge is 0.315 e. The molecule has 2 rings (SSSR count). The number of hydrogen-bond acceptors (Lipinski definition) is 4. The first kappa shape index (κ1) is 15.7. The summed E-state index contributed by atoms with van der Waals surface area (Å²) in [6, 6.07) is 3.25. The van der Waals surface area contributed by atoms with Crippen molar-refractivity contribution in [3.8, 4) is 0 Å². The van der Waals surface area contributed by atoms with E-state index in [1.54, 1.807) is 23.6 Å². The molecule has 5 nitrogen and oxygen atoms in total. The van der Waals surface area contributed by atoms with E-state index in [0.29, 0.717) is 11.7 Å². The molecule has 0 unspecified atom stereocenters. The van der Waals surface area contributed by atoms with Gasteiger partial charge in [-0.25, -0.2) is 14.8 Å². The normalized spacial score (nSPS) is 12.0. The van der Waals surface area contributed by atoms with E-state index in [1.165, 1.54) is 0 Å². The lowest BCUT2D eigenvalue weighted by molar-refractivity contribution is 0.236. The van der Waals surface area contributed by atoms with Crippen LogP contribution < -0.4 is 10.6 Å². The van der Waals surface area contributed by atoms with Crippen LogP contribution in [0.3, 0.4) is 0 Å². The van der Waals surface area contributed by atoms with Crippen molar-refractivity contribution in [1.29, 1.82) is 0 Å². The average Bonchev–Trinajstić information content (AvgIpc) is 2.90. The van der Waals surface area contributed by atoms with Gasteiger partial charge in [0.15, 0.2) is 0 Å². The van der Waals surface area contributed by atoms with Gasteiger partial charge in [0.1, 0.15) is 10.2 Å². The van der Waals surface area contributed by atoms with E-state index >= 15 is 0 Å². The van der Waals surface area contributed by atoms with E-state index in [0.717, 1.165) is 22.7 Å². The highest BCUT2D eigenvalue weighted by Gasteiger charge is 2.15. The van der Waals surface area contributed by atoms with E-state index in [9.17, 15) is 4.79 Å². The number of nitrogens with one attached hydrogen (secondary N) is 2. The Labute approximate surface area is 132 Å². The van der Waals surface area contributed by atoms with Gasteiger partial charge in [0.05, 0.1) is 6.04 Å². The van der Waals surface area contributed by atoms with Crippen molar-refractivity contribution in [2.45, 2.75) is 32.9 Å². The molecule has 0 aliphatic carbocycles. The highest BCUT2D eigenvalue weighted by molar-refractivity contribution is 7.09. The van der Waals surface area contributed by atoms with Crippen molar-refractivity contribution >= 4 is 29.0 Å². The van der Waals surface area contributed by atoms with Crippen LogP contribution in [0.25, 0.3) is 0 Å². The Kier molecular flexibility index (Phi) is 5.52. The van der Waals surface area contributed by atoms with Crippen LogP contribution >= 0.6 is 22.9 Å². The zero-order chi connectivity index (χ0) is 15.2. The first-order valence-electron chi connectivity index (χ1n) is 6.65. The average molecular weight is 325 g/mol. The third-order valence-corrected chi connectivity index (χ3v) is 4.19. The monoisotopic (exact) mass is 324 g/mol. The van der Waals surface area contributed by atoms with Gasteiger partial charge in [0.25, 0.3) is 0 Å². The van der Waals surface area contributed by atoms with E-state index in [4.69, 9.17) is 11.6 Å². The summed E-state index contributed by atoms with van der Waals surface area (Å²) in [5.41, 5.74) is 1.87. The molecule has 2 aromatic rings. The fourth-order valence-corrected chi connectivity index (χ4v) is 2.82. The minimum absolute atomic E-state index is 0.0629. The number of amides is 2.